The van der Waals surface area contributed by atoms with E-state index < -0.39 is 0 Å². The highest BCUT2D eigenvalue weighted by atomic mass is 32.1. The number of nitrogens with zero attached hydrogens (tertiary/aromatic N) is 1. The summed E-state index contributed by atoms with van der Waals surface area (Å²) in [5.74, 6) is 0.925. The van der Waals surface area contributed by atoms with Crippen LogP contribution in [-0.4, -0.2) is 11.6 Å². The summed E-state index contributed by atoms with van der Waals surface area (Å²) in [5.41, 5.74) is 8.52. The van der Waals surface area contributed by atoms with Crippen molar-refractivity contribution < 1.29 is 4.74 Å². The average Bonchev–Trinajstić information content (AvgIpc) is 2.91. The van der Waals surface area contributed by atoms with Crippen molar-refractivity contribution in [3.8, 4) is 16.3 Å². The van der Waals surface area contributed by atoms with Crippen LogP contribution in [0.1, 0.15) is 42.8 Å². The van der Waals surface area contributed by atoms with Gasteiger partial charge in [-0.2, -0.15) is 0 Å². The highest BCUT2D eigenvalue weighted by Crippen LogP contribution is 2.37. The second kappa shape index (κ2) is 5.94. The fourth-order valence-corrected chi connectivity index (χ4v) is 3.64. The highest BCUT2D eigenvalue weighted by Gasteiger charge is 2.21. The van der Waals surface area contributed by atoms with Gasteiger partial charge < -0.3 is 10.5 Å². The number of nitrogens with two attached hydrogens (primary N) is 1. The molecule has 0 bridgehead atoms. The van der Waals surface area contributed by atoms with Crippen molar-refractivity contribution >= 4 is 11.3 Å². The summed E-state index contributed by atoms with van der Waals surface area (Å²) in [6.07, 6.45) is 4.33. The van der Waals surface area contributed by atoms with Crippen molar-refractivity contribution in [3.05, 3.63) is 34.8 Å². The smallest absolute Gasteiger partial charge is 0.123 e. The number of aryl methyl sites for hydroxylation is 1. The lowest BCUT2D eigenvalue weighted by atomic mass is 9.99. The summed E-state index contributed by atoms with van der Waals surface area (Å²) in [6.45, 7) is 2.87. The number of thiazole rings is 1. The van der Waals surface area contributed by atoms with Crippen molar-refractivity contribution in [2.45, 2.75) is 38.6 Å². The molecular weight excluding hydrogens is 268 g/mol. The van der Waals surface area contributed by atoms with Gasteiger partial charge in [-0.25, -0.2) is 4.98 Å². The molecule has 1 aromatic heterocycles. The van der Waals surface area contributed by atoms with E-state index in [4.69, 9.17) is 15.5 Å². The van der Waals surface area contributed by atoms with Gasteiger partial charge in [-0.1, -0.05) is 6.92 Å². The molecule has 0 fully saturated rings. The van der Waals surface area contributed by atoms with E-state index in [1.165, 1.54) is 10.6 Å². The van der Waals surface area contributed by atoms with Crippen molar-refractivity contribution in [2.75, 3.05) is 6.61 Å². The first-order valence-corrected chi connectivity index (χ1v) is 8.08. The number of hydrogen-bond donors (Lipinski definition) is 1. The van der Waals surface area contributed by atoms with Crippen LogP contribution in [0.3, 0.4) is 0 Å². The molecule has 3 rings (SSSR count). The normalized spacial score (nSPS) is 17.8. The number of fused-ring (bicyclic) bond motifs is 1. The molecule has 1 aliphatic rings. The van der Waals surface area contributed by atoms with E-state index in [0.717, 1.165) is 48.6 Å². The summed E-state index contributed by atoms with van der Waals surface area (Å²) >= 11 is 1.74. The minimum absolute atomic E-state index is 0.178. The Kier molecular flexibility index (Phi) is 4.03. The van der Waals surface area contributed by atoms with Crippen molar-refractivity contribution in [1.29, 1.82) is 0 Å². The lowest BCUT2D eigenvalue weighted by Crippen LogP contribution is -2.15. The first kappa shape index (κ1) is 13.6. The second-order valence-electron chi connectivity index (χ2n) is 5.20. The van der Waals surface area contributed by atoms with Gasteiger partial charge in [0.15, 0.2) is 0 Å². The van der Waals surface area contributed by atoms with Crippen LogP contribution >= 0.6 is 11.3 Å². The number of rotatable bonds is 4. The lowest BCUT2D eigenvalue weighted by molar-refractivity contribution is 0.317. The molecule has 2 aromatic rings. The Morgan fingerprint density at radius 2 is 2.15 bits per heavy atom. The van der Waals surface area contributed by atoms with E-state index >= 15 is 0 Å². The van der Waals surface area contributed by atoms with Crippen molar-refractivity contribution in [3.63, 3.8) is 0 Å². The number of ether oxygens (including phenoxy) is 1. The van der Waals surface area contributed by atoms with Crippen molar-refractivity contribution in [1.82, 2.24) is 4.98 Å². The van der Waals surface area contributed by atoms with Crippen LogP contribution in [0.4, 0.5) is 0 Å². The molecule has 3 nitrogen and oxygen atoms in total. The van der Waals surface area contributed by atoms with Crippen LogP contribution in [0, 0.1) is 0 Å². The quantitative estimate of drug-likeness (QED) is 0.927. The average molecular weight is 288 g/mol. The van der Waals surface area contributed by atoms with Gasteiger partial charge in [0.1, 0.15) is 10.8 Å². The molecule has 106 valence electrons. The molecule has 4 heteroatoms. The van der Waals surface area contributed by atoms with Crippen molar-refractivity contribution in [2.24, 2.45) is 5.73 Å². The SMILES string of the molecule is CCCOc1ccc(-c2nc3c(s2)C(N)CCC3)cc1. The third-order valence-corrected chi connectivity index (χ3v) is 4.85. The largest absolute Gasteiger partial charge is 0.494 e. The van der Waals surface area contributed by atoms with E-state index in [9.17, 15) is 0 Å². The molecule has 1 atom stereocenters. The molecular formula is C16H20N2OS. The standard InChI is InChI=1S/C16H20N2OS/c1-2-10-19-12-8-6-11(7-9-12)16-18-14-5-3-4-13(17)15(14)20-16/h6-9,13H,2-5,10,17H2,1H3. The van der Waals surface area contributed by atoms with Gasteiger partial charge in [0, 0.05) is 16.5 Å². The molecule has 0 spiro atoms. The Morgan fingerprint density at radius 1 is 1.35 bits per heavy atom. The van der Waals surface area contributed by atoms with E-state index in [1.54, 1.807) is 11.3 Å². The Bertz CT molecular complexity index is 577. The second-order valence-corrected chi connectivity index (χ2v) is 6.23. The fraction of sp³-hybridized carbons (Fsp3) is 0.438. The molecule has 0 radical (unpaired) electrons. The van der Waals surface area contributed by atoms with Gasteiger partial charge in [-0.3, -0.25) is 0 Å². The first-order chi connectivity index (χ1) is 9.78. The molecule has 0 saturated heterocycles. The predicted molar refractivity (Wildman–Crippen MR) is 83.2 cm³/mol. The Balaban J connectivity index is 1.82. The van der Waals surface area contributed by atoms with Gasteiger partial charge >= 0.3 is 0 Å². The molecule has 1 heterocycles. The van der Waals surface area contributed by atoms with Gasteiger partial charge in [0.2, 0.25) is 0 Å². The minimum Gasteiger partial charge on any atom is -0.494 e. The third kappa shape index (κ3) is 2.72. The van der Waals surface area contributed by atoms with Crippen LogP contribution in [-0.2, 0) is 6.42 Å². The van der Waals surface area contributed by atoms with Crippen LogP contribution in [0.15, 0.2) is 24.3 Å². The van der Waals surface area contributed by atoms with E-state index in [1.807, 2.05) is 12.1 Å². The number of hydrogen-bond acceptors (Lipinski definition) is 4. The van der Waals surface area contributed by atoms with Gasteiger partial charge in [-0.05, 0) is 49.9 Å². The Morgan fingerprint density at radius 3 is 2.85 bits per heavy atom. The third-order valence-electron chi connectivity index (χ3n) is 3.57. The summed E-state index contributed by atoms with van der Waals surface area (Å²) in [4.78, 5) is 6.04. The van der Waals surface area contributed by atoms with Crippen LogP contribution in [0.5, 0.6) is 5.75 Å². The minimum atomic E-state index is 0.178. The molecule has 20 heavy (non-hydrogen) atoms. The topological polar surface area (TPSA) is 48.1 Å². The molecule has 1 unspecified atom stereocenters. The zero-order chi connectivity index (χ0) is 13.9. The van der Waals surface area contributed by atoms with Gasteiger partial charge in [-0.15, -0.1) is 11.3 Å². The highest BCUT2D eigenvalue weighted by molar-refractivity contribution is 7.15. The van der Waals surface area contributed by atoms with Crippen LogP contribution in [0.2, 0.25) is 0 Å². The summed E-state index contributed by atoms with van der Waals surface area (Å²) in [5, 5.41) is 1.08. The Labute approximate surface area is 123 Å². The van der Waals surface area contributed by atoms with E-state index in [-0.39, 0.29) is 6.04 Å². The molecule has 0 saturated carbocycles. The molecule has 0 aliphatic heterocycles. The predicted octanol–water partition coefficient (Wildman–Crippen LogP) is 3.94. The molecule has 2 N–H and O–H groups in total. The molecule has 1 aromatic carbocycles. The number of aromatic nitrogens is 1. The molecule has 1 aliphatic carbocycles. The van der Waals surface area contributed by atoms with Crippen LogP contribution in [0.25, 0.3) is 10.6 Å². The summed E-state index contributed by atoms with van der Waals surface area (Å²) < 4.78 is 5.61. The molecule has 0 amide bonds. The zero-order valence-corrected chi connectivity index (χ0v) is 12.6. The fourth-order valence-electron chi connectivity index (χ4n) is 2.49. The maximum Gasteiger partial charge on any atom is 0.123 e. The zero-order valence-electron chi connectivity index (χ0n) is 11.8. The maximum atomic E-state index is 6.17. The lowest BCUT2D eigenvalue weighted by Gasteiger charge is -2.15. The van der Waals surface area contributed by atoms with E-state index in [0.29, 0.717) is 0 Å². The van der Waals surface area contributed by atoms with Gasteiger partial charge in [0.25, 0.3) is 0 Å². The summed E-state index contributed by atoms with van der Waals surface area (Å²) in [7, 11) is 0. The monoisotopic (exact) mass is 288 g/mol. The maximum absolute atomic E-state index is 6.17. The Hall–Kier alpha value is -1.39. The van der Waals surface area contributed by atoms with E-state index in [2.05, 4.69) is 19.1 Å². The summed E-state index contributed by atoms with van der Waals surface area (Å²) in [6, 6.07) is 8.38. The first-order valence-electron chi connectivity index (χ1n) is 7.26. The number of benzene rings is 1. The van der Waals surface area contributed by atoms with Gasteiger partial charge in [0.05, 0.1) is 12.3 Å². The van der Waals surface area contributed by atoms with Crippen LogP contribution < -0.4 is 10.5 Å².